The molecule has 190 valence electrons. The largest absolute Gasteiger partial charge is 0.598 e. The first kappa shape index (κ1) is 26.3. The van der Waals surface area contributed by atoms with Gasteiger partial charge < -0.3 is 4.55 Å². The van der Waals surface area contributed by atoms with Crippen LogP contribution in [0.5, 0.6) is 0 Å². The molecule has 1 saturated carbocycles. The van der Waals surface area contributed by atoms with E-state index in [-0.39, 0.29) is 21.4 Å². The van der Waals surface area contributed by atoms with Crippen LogP contribution in [0.1, 0.15) is 75.2 Å². The topological polar surface area (TPSA) is 73.8 Å². The summed E-state index contributed by atoms with van der Waals surface area (Å²) in [5.74, 6) is 0.374. The van der Waals surface area contributed by atoms with Crippen LogP contribution in [0.25, 0.3) is 0 Å². The fraction of sp³-hybridized carbons (Fsp3) is 0.444. The SMILES string of the molecule is CC(C)(C)[S+]([O-])N[C@@H]1c2ccccc2CC12CCC(c1cnc(Sc3ccnc(Cl)c3Cl)cn1)CC2. The molecule has 1 N–H and O–H groups in total. The Balaban J connectivity index is 1.29. The van der Waals surface area contributed by atoms with Crippen molar-refractivity contribution in [3.05, 3.63) is 75.9 Å². The van der Waals surface area contributed by atoms with Crippen molar-refractivity contribution >= 4 is 46.3 Å². The smallest absolute Gasteiger partial charge is 0.148 e. The van der Waals surface area contributed by atoms with Crippen molar-refractivity contribution in [2.75, 3.05) is 0 Å². The van der Waals surface area contributed by atoms with Gasteiger partial charge in [0.2, 0.25) is 0 Å². The van der Waals surface area contributed by atoms with Gasteiger partial charge in [-0.15, -0.1) is 4.72 Å². The predicted octanol–water partition coefficient (Wildman–Crippen LogP) is 7.32. The summed E-state index contributed by atoms with van der Waals surface area (Å²) < 4.78 is 16.3. The zero-order chi connectivity index (χ0) is 25.5. The minimum Gasteiger partial charge on any atom is -0.598 e. The number of nitrogens with zero attached hydrogens (tertiary/aromatic N) is 3. The highest BCUT2D eigenvalue weighted by Crippen LogP contribution is 2.56. The van der Waals surface area contributed by atoms with E-state index in [0.717, 1.165) is 47.7 Å². The molecule has 0 radical (unpaired) electrons. The molecule has 0 aliphatic heterocycles. The summed E-state index contributed by atoms with van der Waals surface area (Å²) in [5.41, 5.74) is 3.81. The summed E-state index contributed by atoms with van der Waals surface area (Å²) in [5, 5.41) is 1.49. The van der Waals surface area contributed by atoms with Crippen molar-refractivity contribution in [2.45, 2.75) is 79.5 Å². The molecule has 0 saturated heterocycles. The Labute approximate surface area is 230 Å². The number of hydrogen-bond donors (Lipinski definition) is 1. The van der Waals surface area contributed by atoms with E-state index in [1.165, 1.54) is 22.9 Å². The van der Waals surface area contributed by atoms with Crippen molar-refractivity contribution < 1.29 is 4.55 Å². The highest BCUT2D eigenvalue weighted by atomic mass is 35.5. The van der Waals surface area contributed by atoms with E-state index in [4.69, 9.17) is 28.2 Å². The maximum atomic E-state index is 13.1. The fourth-order valence-electron chi connectivity index (χ4n) is 5.40. The first-order valence-corrected chi connectivity index (χ1v) is 14.9. The molecule has 2 aliphatic carbocycles. The van der Waals surface area contributed by atoms with Crippen molar-refractivity contribution in [3.63, 3.8) is 0 Å². The molecule has 2 atom stereocenters. The van der Waals surface area contributed by atoms with Crippen LogP contribution < -0.4 is 4.72 Å². The van der Waals surface area contributed by atoms with Crippen molar-refractivity contribution in [1.82, 2.24) is 19.7 Å². The van der Waals surface area contributed by atoms with Gasteiger partial charge in [-0.25, -0.2) is 9.97 Å². The summed E-state index contributed by atoms with van der Waals surface area (Å²) in [4.78, 5) is 14.2. The molecule has 3 aromatic rings. The number of halogens is 2. The second-order valence-corrected chi connectivity index (χ2v) is 14.5. The van der Waals surface area contributed by atoms with E-state index >= 15 is 0 Å². The van der Waals surface area contributed by atoms with Crippen LogP contribution in [0, 0.1) is 5.41 Å². The van der Waals surface area contributed by atoms with Crippen LogP contribution >= 0.6 is 35.0 Å². The molecule has 5 rings (SSSR count). The summed E-state index contributed by atoms with van der Waals surface area (Å²) >= 11 is 12.6. The third kappa shape index (κ3) is 5.29. The third-order valence-electron chi connectivity index (χ3n) is 7.38. The Hall–Kier alpha value is -1.35. The molecule has 9 heteroatoms. The van der Waals surface area contributed by atoms with Crippen LogP contribution in [-0.4, -0.2) is 24.3 Å². The van der Waals surface area contributed by atoms with Gasteiger partial charge in [-0.2, -0.15) is 0 Å². The van der Waals surface area contributed by atoms with Gasteiger partial charge in [-0.05, 0) is 75.5 Å². The lowest BCUT2D eigenvalue weighted by Crippen LogP contribution is -2.46. The monoisotopic (exact) mass is 560 g/mol. The molecule has 2 aromatic heterocycles. The van der Waals surface area contributed by atoms with Crippen LogP contribution in [-0.2, 0) is 17.8 Å². The Morgan fingerprint density at radius 3 is 2.50 bits per heavy atom. The number of rotatable bonds is 5. The van der Waals surface area contributed by atoms with Crippen LogP contribution in [0.2, 0.25) is 10.2 Å². The lowest BCUT2D eigenvalue weighted by molar-refractivity contribution is 0.139. The number of hydrogen-bond acceptors (Lipinski definition) is 6. The Kier molecular flexibility index (Phi) is 7.61. The van der Waals surface area contributed by atoms with Crippen molar-refractivity contribution in [2.24, 2.45) is 5.41 Å². The molecule has 5 nitrogen and oxygen atoms in total. The standard InChI is InChI=1S/C27H30Cl2N4OS2/c1-26(2,3)36(34)33-24-19-7-5-4-6-18(19)14-27(24)11-8-17(9-12-27)20-15-32-22(16-31-20)35-21-10-13-30-25(29)23(21)28/h4-7,10,13,15-17,24,33H,8-9,11-12,14H2,1-3H3/t17?,24-,27?,36?/m1/s1. The van der Waals surface area contributed by atoms with Crippen LogP contribution in [0.15, 0.2) is 58.8 Å². The Morgan fingerprint density at radius 2 is 1.81 bits per heavy atom. The van der Waals surface area contributed by atoms with E-state index in [0.29, 0.717) is 10.9 Å². The Bertz CT molecular complexity index is 1230. The second-order valence-electron chi connectivity index (χ2n) is 10.7. The fourth-order valence-corrected chi connectivity index (χ4v) is 7.53. The molecular formula is C27H30Cl2N4OS2. The average molecular weight is 562 g/mol. The van der Waals surface area contributed by atoms with Gasteiger partial charge in [0.25, 0.3) is 0 Å². The van der Waals surface area contributed by atoms with Gasteiger partial charge in [-0.1, -0.05) is 59.2 Å². The maximum absolute atomic E-state index is 13.1. The molecule has 36 heavy (non-hydrogen) atoms. The van der Waals surface area contributed by atoms with E-state index < -0.39 is 11.4 Å². The van der Waals surface area contributed by atoms with E-state index in [2.05, 4.69) is 39.0 Å². The summed E-state index contributed by atoms with van der Waals surface area (Å²) in [7, 11) is 0. The lowest BCUT2D eigenvalue weighted by atomic mass is 9.66. The van der Waals surface area contributed by atoms with Crippen LogP contribution in [0.4, 0.5) is 0 Å². The van der Waals surface area contributed by atoms with Gasteiger partial charge in [0, 0.05) is 28.4 Å². The molecular weight excluding hydrogens is 531 g/mol. The second kappa shape index (κ2) is 10.4. The Morgan fingerprint density at radius 1 is 1.06 bits per heavy atom. The minimum absolute atomic E-state index is 0.0850. The average Bonchev–Trinajstić information content (AvgIpc) is 3.15. The normalized spacial score (nSPS) is 24.6. The first-order chi connectivity index (χ1) is 17.2. The lowest BCUT2D eigenvalue weighted by Gasteiger charge is -2.42. The summed E-state index contributed by atoms with van der Waals surface area (Å²) in [6.45, 7) is 6.08. The van der Waals surface area contributed by atoms with E-state index in [1.54, 1.807) is 6.20 Å². The van der Waals surface area contributed by atoms with Gasteiger partial charge in [0.15, 0.2) is 0 Å². The third-order valence-corrected chi connectivity index (χ3v) is 10.8. The molecule has 1 spiro atoms. The molecule has 1 unspecified atom stereocenters. The molecule has 0 bridgehead atoms. The van der Waals surface area contributed by atoms with Crippen molar-refractivity contribution in [1.29, 1.82) is 0 Å². The highest BCUT2D eigenvalue weighted by molar-refractivity contribution is 7.99. The quantitative estimate of drug-likeness (QED) is 0.260. The molecule has 1 aromatic carbocycles. The molecule has 2 aliphatic rings. The zero-order valence-corrected chi connectivity index (χ0v) is 23.8. The zero-order valence-electron chi connectivity index (χ0n) is 20.6. The van der Waals surface area contributed by atoms with E-state index in [1.807, 2.05) is 39.2 Å². The highest BCUT2D eigenvalue weighted by Gasteiger charge is 2.50. The predicted molar refractivity (Wildman–Crippen MR) is 148 cm³/mol. The number of aromatic nitrogens is 3. The molecule has 1 fully saturated rings. The minimum atomic E-state index is -1.13. The summed E-state index contributed by atoms with van der Waals surface area (Å²) in [6, 6.07) is 10.6. The maximum Gasteiger partial charge on any atom is 0.148 e. The number of benzene rings is 1. The van der Waals surface area contributed by atoms with E-state index in [9.17, 15) is 4.55 Å². The van der Waals surface area contributed by atoms with Gasteiger partial charge >= 0.3 is 0 Å². The van der Waals surface area contributed by atoms with Gasteiger partial charge in [-0.3, -0.25) is 4.98 Å². The molecule has 2 heterocycles. The molecule has 0 amide bonds. The first-order valence-electron chi connectivity index (χ1n) is 12.2. The van der Waals surface area contributed by atoms with Crippen LogP contribution in [0.3, 0.4) is 0 Å². The number of fused-ring (bicyclic) bond motifs is 1. The summed E-state index contributed by atoms with van der Waals surface area (Å²) in [6.07, 6.45) is 10.6. The van der Waals surface area contributed by atoms with Gasteiger partial charge in [0.1, 0.15) is 14.9 Å². The van der Waals surface area contributed by atoms with Gasteiger partial charge in [0.05, 0.1) is 29.2 Å². The number of nitrogens with one attached hydrogen (secondary N) is 1. The van der Waals surface area contributed by atoms with Crippen molar-refractivity contribution in [3.8, 4) is 0 Å². The number of pyridine rings is 1.